The fourth-order valence-corrected chi connectivity index (χ4v) is 5.08. The first-order chi connectivity index (χ1) is 17.7. The van der Waals surface area contributed by atoms with Gasteiger partial charge >= 0.3 is 5.97 Å². The summed E-state index contributed by atoms with van der Waals surface area (Å²) in [6, 6.07) is 12.9. The predicted molar refractivity (Wildman–Crippen MR) is 149 cm³/mol. The smallest absolute Gasteiger partial charge is 0.306 e. The quantitative estimate of drug-likeness (QED) is 0.143. The molecule has 7 heteroatoms. The minimum absolute atomic E-state index is 0.107. The maximum atomic E-state index is 12.1. The molecule has 36 heavy (non-hydrogen) atoms. The molecule has 6 nitrogen and oxygen atoms in total. The van der Waals surface area contributed by atoms with Crippen LogP contribution in [0.3, 0.4) is 0 Å². The topological polar surface area (TPSA) is 77.2 Å². The minimum atomic E-state index is -0.149. The lowest BCUT2D eigenvalue weighted by Gasteiger charge is -2.08. The second-order valence-electron chi connectivity index (χ2n) is 9.32. The molecule has 0 unspecified atom stereocenters. The van der Waals surface area contributed by atoms with Crippen molar-refractivity contribution in [3.63, 3.8) is 0 Å². The molecular formula is C29H41N3O3S. The fraction of sp³-hybridized carbons (Fsp3) is 0.552. The number of aromatic hydroxyl groups is 1. The minimum Gasteiger partial charge on any atom is -0.506 e. The number of phenols is 1. The Balaban J connectivity index is 1.25. The molecule has 0 bridgehead atoms. The highest BCUT2D eigenvalue weighted by atomic mass is 32.2. The summed E-state index contributed by atoms with van der Waals surface area (Å²) in [5, 5.41) is 19.2. The van der Waals surface area contributed by atoms with Crippen LogP contribution in [0.15, 0.2) is 42.5 Å². The van der Waals surface area contributed by atoms with Crippen molar-refractivity contribution in [2.45, 2.75) is 84.0 Å². The molecule has 196 valence electrons. The third-order valence-electron chi connectivity index (χ3n) is 6.29. The third-order valence-corrected chi connectivity index (χ3v) is 7.36. The molecule has 0 saturated heterocycles. The van der Waals surface area contributed by atoms with Gasteiger partial charge in [-0.25, -0.2) is 0 Å². The number of hydrogen-bond donors (Lipinski definition) is 1. The van der Waals surface area contributed by atoms with Gasteiger partial charge in [-0.05, 0) is 42.0 Å². The number of ether oxygens (including phenoxy) is 1. The summed E-state index contributed by atoms with van der Waals surface area (Å²) in [6.07, 6.45) is 14.5. The van der Waals surface area contributed by atoms with Crippen molar-refractivity contribution in [2.24, 2.45) is 0 Å². The number of esters is 1. The van der Waals surface area contributed by atoms with Crippen molar-refractivity contribution in [3.05, 3.63) is 48.0 Å². The summed E-state index contributed by atoms with van der Waals surface area (Å²) in [7, 11) is 0. The number of rotatable bonds is 18. The van der Waals surface area contributed by atoms with Crippen molar-refractivity contribution in [1.29, 1.82) is 0 Å². The molecule has 1 aromatic heterocycles. The summed E-state index contributed by atoms with van der Waals surface area (Å²) in [5.74, 6) is 1.90. The Kier molecular flexibility index (Phi) is 12.7. The Morgan fingerprint density at radius 2 is 1.53 bits per heavy atom. The van der Waals surface area contributed by atoms with Gasteiger partial charge in [0.05, 0.1) is 13.0 Å². The Hall–Kier alpha value is -2.54. The highest BCUT2D eigenvalue weighted by Crippen LogP contribution is 2.23. The van der Waals surface area contributed by atoms with Gasteiger partial charge in [0.15, 0.2) is 0 Å². The van der Waals surface area contributed by atoms with Gasteiger partial charge in [0.2, 0.25) is 0 Å². The molecule has 0 atom stereocenters. The molecule has 3 rings (SSSR count). The number of fused-ring (bicyclic) bond motifs is 1. The van der Waals surface area contributed by atoms with Gasteiger partial charge in [-0.3, -0.25) is 4.79 Å². The number of aromatic nitrogens is 3. The average Bonchev–Trinajstić information content (AvgIpc) is 3.32. The fourth-order valence-electron chi connectivity index (χ4n) is 4.16. The van der Waals surface area contributed by atoms with E-state index in [0.717, 1.165) is 28.1 Å². The number of phenolic OH excluding ortho intramolecular Hbond substituents is 1. The van der Waals surface area contributed by atoms with E-state index in [2.05, 4.69) is 17.1 Å². The maximum absolute atomic E-state index is 12.1. The zero-order valence-electron chi connectivity index (χ0n) is 21.7. The molecule has 0 fully saturated rings. The van der Waals surface area contributed by atoms with Crippen molar-refractivity contribution >= 4 is 28.8 Å². The molecule has 1 heterocycles. The molecule has 2 aromatic carbocycles. The van der Waals surface area contributed by atoms with Crippen LogP contribution in [0.2, 0.25) is 0 Å². The van der Waals surface area contributed by atoms with E-state index < -0.39 is 0 Å². The number of nitrogens with zero attached hydrogens (tertiary/aromatic N) is 3. The largest absolute Gasteiger partial charge is 0.506 e. The molecule has 0 aliphatic carbocycles. The lowest BCUT2D eigenvalue weighted by atomic mass is 10.1. The van der Waals surface area contributed by atoms with Gasteiger partial charge in [-0.15, -0.1) is 15.0 Å². The van der Waals surface area contributed by atoms with E-state index in [1.54, 1.807) is 6.07 Å². The van der Waals surface area contributed by atoms with Crippen molar-refractivity contribution in [3.8, 4) is 11.4 Å². The van der Waals surface area contributed by atoms with Gasteiger partial charge in [-0.2, -0.15) is 11.8 Å². The molecule has 1 N–H and O–H groups in total. The van der Waals surface area contributed by atoms with Crippen molar-refractivity contribution in [1.82, 2.24) is 15.0 Å². The van der Waals surface area contributed by atoms with Crippen LogP contribution in [-0.2, 0) is 16.0 Å². The Morgan fingerprint density at radius 3 is 2.19 bits per heavy atom. The number of hydrogen-bond acceptors (Lipinski definition) is 6. The lowest BCUT2D eigenvalue weighted by molar-refractivity contribution is -0.143. The van der Waals surface area contributed by atoms with Crippen LogP contribution < -0.4 is 0 Å². The standard InChI is InChI=1S/C29H41N3O3S/c1-2-3-4-5-6-7-8-9-10-13-21-36-22-19-29(34)35-20-18-24-16-17-28(33)27(23-24)32-30-25-14-11-12-15-26(25)31-32/h11-12,14-17,23,33H,2-10,13,18-22H2,1H3. The number of unbranched alkanes of at least 4 members (excludes halogenated alkanes) is 9. The highest BCUT2D eigenvalue weighted by molar-refractivity contribution is 7.99. The van der Waals surface area contributed by atoms with E-state index in [4.69, 9.17) is 4.74 Å². The second-order valence-corrected chi connectivity index (χ2v) is 10.5. The number of carbonyl (C=O) groups excluding carboxylic acids is 1. The van der Waals surface area contributed by atoms with Crippen LogP contribution in [0.5, 0.6) is 5.75 Å². The Bertz CT molecular complexity index is 1020. The Labute approximate surface area is 219 Å². The van der Waals surface area contributed by atoms with E-state index in [1.807, 2.05) is 48.2 Å². The molecule has 0 spiro atoms. The van der Waals surface area contributed by atoms with Gasteiger partial charge in [0, 0.05) is 12.2 Å². The van der Waals surface area contributed by atoms with Gasteiger partial charge < -0.3 is 9.84 Å². The monoisotopic (exact) mass is 511 g/mol. The number of carbonyl (C=O) groups is 1. The summed E-state index contributed by atoms with van der Waals surface area (Å²) >= 11 is 1.85. The normalized spacial score (nSPS) is 11.2. The lowest BCUT2D eigenvalue weighted by Crippen LogP contribution is -2.09. The van der Waals surface area contributed by atoms with E-state index in [0.29, 0.717) is 25.1 Å². The van der Waals surface area contributed by atoms with Gasteiger partial charge in [0.25, 0.3) is 0 Å². The van der Waals surface area contributed by atoms with E-state index >= 15 is 0 Å². The molecule has 3 aromatic rings. The van der Waals surface area contributed by atoms with Crippen molar-refractivity contribution in [2.75, 3.05) is 18.1 Å². The van der Waals surface area contributed by atoms with Crippen LogP contribution in [0.4, 0.5) is 0 Å². The summed E-state index contributed by atoms with van der Waals surface area (Å²) in [4.78, 5) is 13.5. The van der Waals surface area contributed by atoms with Crippen LogP contribution in [0.1, 0.15) is 83.1 Å². The number of thioether (sulfide) groups is 1. The van der Waals surface area contributed by atoms with Gasteiger partial charge in [0.1, 0.15) is 22.5 Å². The van der Waals surface area contributed by atoms with Crippen LogP contribution in [0, 0.1) is 0 Å². The predicted octanol–water partition coefficient (Wildman–Crippen LogP) is 7.26. The first kappa shape index (κ1) is 28.0. The van der Waals surface area contributed by atoms with Gasteiger partial charge in [-0.1, -0.05) is 82.9 Å². The van der Waals surface area contributed by atoms with E-state index in [1.165, 1.54) is 69.0 Å². The molecule has 0 amide bonds. The summed E-state index contributed by atoms with van der Waals surface area (Å²) < 4.78 is 5.42. The average molecular weight is 512 g/mol. The van der Waals surface area contributed by atoms with Crippen LogP contribution in [-0.4, -0.2) is 44.2 Å². The Morgan fingerprint density at radius 1 is 0.889 bits per heavy atom. The molecule has 0 aliphatic rings. The first-order valence-electron chi connectivity index (χ1n) is 13.5. The summed E-state index contributed by atoms with van der Waals surface area (Å²) in [6.45, 7) is 2.58. The van der Waals surface area contributed by atoms with E-state index in [9.17, 15) is 9.90 Å². The van der Waals surface area contributed by atoms with Crippen LogP contribution >= 0.6 is 11.8 Å². The van der Waals surface area contributed by atoms with Crippen LogP contribution in [0.25, 0.3) is 16.7 Å². The third kappa shape index (κ3) is 9.84. The maximum Gasteiger partial charge on any atom is 0.306 e. The highest BCUT2D eigenvalue weighted by Gasteiger charge is 2.10. The molecule has 0 radical (unpaired) electrons. The van der Waals surface area contributed by atoms with Crippen molar-refractivity contribution < 1.29 is 14.6 Å². The zero-order chi connectivity index (χ0) is 25.4. The number of benzene rings is 2. The first-order valence-corrected chi connectivity index (χ1v) is 14.7. The molecular weight excluding hydrogens is 470 g/mol. The summed E-state index contributed by atoms with van der Waals surface area (Å²) in [5.41, 5.74) is 3.00. The molecule has 0 saturated carbocycles. The molecule has 0 aliphatic heterocycles. The SMILES string of the molecule is CCCCCCCCCCCCSCCC(=O)OCCc1ccc(O)c(-n2nc3ccccc3n2)c1. The van der Waals surface area contributed by atoms with E-state index in [-0.39, 0.29) is 11.7 Å². The second kappa shape index (κ2) is 16.3. The zero-order valence-corrected chi connectivity index (χ0v) is 22.5.